The molecule has 1 aliphatic carbocycles. The summed E-state index contributed by atoms with van der Waals surface area (Å²) in [5.41, 5.74) is -1.45. The Balaban J connectivity index is 1.98. The summed E-state index contributed by atoms with van der Waals surface area (Å²) in [4.78, 5) is 29.6. The van der Waals surface area contributed by atoms with E-state index in [-0.39, 0.29) is 18.4 Å². The lowest BCUT2D eigenvalue weighted by Gasteiger charge is -2.38. The summed E-state index contributed by atoms with van der Waals surface area (Å²) in [6, 6.07) is 5.10. The molecule has 0 unspecified atom stereocenters. The molecule has 31 heavy (non-hydrogen) atoms. The molecule has 1 aromatic carbocycles. The van der Waals surface area contributed by atoms with Crippen LogP contribution in [0.25, 0.3) is 0 Å². The van der Waals surface area contributed by atoms with Crippen LogP contribution in [0.15, 0.2) is 24.3 Å². The number of amides is 1. The average Bonchev–Trinajstić information content (AvgIpc) is 2.52. The van der Waals surface area contributed by atoms with Crippen LogP contribution in [0.3, 0.4) is 0 Å². The number of nitrogens with zero attached hydrogens (tertiary/aromatic N) is 1. The van der Waals surface area contributed by atoms with Crippen LogP contribution in [0.5, 0.6) is 0 Å². The van der Waals surface area contributed by atoms with Gasteiger partial charge in [0, 0.05) is 0 Å². The minimum Gasteiger partial charge on any atom is -0.442 e. The molecule has 1 amide bonds. The first-order chi connectivity index (χ1) is 14.0. The van der Waals surface area contributed by atoms with E-state index in [4.69, 9.17) is 14.3 Å². The molecule has 9 heteroatoms. The summed E-state index contributed by atoms with van der Waals surface area (Å²) in [5.74, 6) is 0.0801. The van der Waals surface area contributed by atoms with Crippen LogP contribution in [0, 0.1) is 5.92 Å². The number of benzene rings is 1. The topological polar surface area (TPSA) is 65.1 Å². The third-order valence-corrected chi connectivity index (χ3v) is 4.54. The smallest absolute Gasteiger partial charge is 0.442 e. The molecule has 174 valence electrons. The van der Waals surface area contributed by atoms with Crippen molar-refractivity contribution in [2.45, 2.75) is 77.7 Å². The summed E-state index contributed by atoms with van der Waals surface area (Å²) in [7, 11) is 0. The van der Waals surface area contributed by atoms with Crippen LogP contribution in [-0.4, -0.2) is 35.1 Å². The predicted molar refractivity (Wildman–Crippen MR) is 107 cm³/mol. The Morgan fingerprint density at radius 1 is 0.935 bits per heavy atom. The second-order valence-electron chi connectivity index (χ2n) is 9.75. The average molecular weight is 445 g/mol. The number of rotatable bonds is 3. The molecule has 0 radical (unpaired) electrons. The highest BCUT2D eigenvalue weighted by Crippen LogP contribution is 2.43. The predicted octanol–water partition coefficient (Wildman–Crippen LogP) is 6.30. The third-order valence-electron chi connectivity index (χ3n) is 4.54. The van der Waals surface area contributed by atoms with Gasteiger partial charge in [0.15, 0.2) is 0 Å². The largest absolute Gasteiger partial charge is 0.534 e. The van der Waals surface area contributed by atoms with E-state index in [1.54, 1.807) is 41.5 Å². The van der Waals surface area contributed by atoms with E-state index in [9.17, 15) is 22.8 Å². The van der Waals surface area contributed by atoms with E-state index < -0.39 is 35.2 Å². The maximum atomic E-state index is 12.7. The van der Waals surface area contributed by atoms with Crippen LogP contribution in [0.1, 0.15) is 71.4 Å². The molecular weight excluding hydrogens is 415 g/mol. The SMILES string of the molecule is CC(C)(C)OC(=O)ON(C[C@H]1C[C@@H](c2ccc(C(F)(F)F)cc2)C1)C(=O)OC(C)(C)C. The molecule has 1 aliphatic rings. The standard InChI is InChI=1S/C22H30F3NO5/c1-20(2,3)29-18(27)26(31-19(28)30-21(4,5)6)13-14-11-16(12-14)15-7-9-17(10-8-15)22(23,24)25/h7-10,14,16H,11-13H2,1-6H3/t14-,16+. The molecule has 0 atom stereocenters. The maximum Gasteiger partial charge on any atom is 0.534 e. The second-order valence-corrected chi connectivity index (χ2v) is 9.75. The Hall–Kier alpha value is -2.45. The fraction of sp³-hybridized carbons (Fsp3) is 0.636. The van der Waals surface area contributed by atoms with E-state index in [0.29, 0.717) is 12.8 Å². The van der Waals surface area contributed by atoms with Gasteiger partial charge in [0.1, 0.15) is 11.2 Å². The Morgan fingerprint density at radius 2 is 1.45 bits per heavy atom. The minimum atomic E-state index is -4.37. The number of ether oxygens (including phenoxy) is 2. The van der Waals surface area contributed by atoms with Gasteiger partial charge in [-0.25, -0.2) is 9.59 Å². The first kappa shape index (κ1) is 24.8. The molecule has 6 nitrogen and oxygen atoms in total. The fourth-order valence-electron chi connectivity index (χ4n) is 3.16. The summed E-state index contributed by atoms with van der Waals surface area (Å²) in [5, 5.41) is 0.854. The van der Waals surface area contributed by atoms with Crippen molar-refractivity contribution in [1.29, 1.82) is 0 Å². The first-order valence-corrected chi connectivity index (χ1v) is 10.1. The van der Waals surface area contributed by atoms with Crippen molar-refractivity contribution < 1.29 is 37.1 Å². The third kappa shape index (κ3) is 7.95. The summed E-state index contributed by atoms with van der Waals surface area (Å²) >= 11 is 0. The number of alkyl halides is 3. The lowest BCUT2D eigenvalue weighted by atomic mass is 9.71. The van der Waals surface area contributed by atoms with Gasteiger partial charge in [-0.05, 0) is 83.9 Å². The number of hydroxylamine groups is 2. The maximum absolute atomic E-state index is 12.7. The van der Waals surface area contributed by atoms with Crippen molar-refractivity contribution in [2.24, 2.45) is 5.92 Å². The van der Waals surface area contributed by atoms with Gasteiger partial charge in [-0.3, -0.25) is 0 Å². The highest BCUT2D eigenvalue weighted by molar-refractivity contribution is 5.70. The van der Waals surface area contributed by atoms with Gasteiger partial charge < -0.3 is 14.3 Å². The molecule has 0 N–H and O–H groups in total. The molecule has 0 bridgehead atoms. The Kier molecular flexibility index (Phi) is 7.17. The van der Waals surface area contributed by atoms with E-state index in [2.05, 4.69) is 0 Å². The van der Waals surface area contributed by atoms with Crippen LogP contribution in [0.4, 0.5) is 22.8 Å². The number of carbonyl (C=O) groups excluding carboxylic acids is 2. The van der Waals surface area contributed by atoms with Crippen LogP contribution >= 0.6 is 0 Å². The summed E-state index contributed by atoms with van der Waals surface area (Å²) < 4.78 is 48.6. The Bertz CT molecular complexity index is 772. The minimum absolute atomic E-state index is 0.00208. The van der Waals surface area contributed by atoms with Crippen molar-refractivity contribution >= 4 is 12.2 Å². The van der Waals surface area contributed by atoms with Crippen molar-refractivity contribution in [3.63, 3.8) is 0 Å². The molecular formula is C22H30F3NO5. The zero-order chi connectivity index (χ0) is 23.6. The van der Waals surface area contributed by atoms with Gasteiger partial charge in [0.25, 0.3) is 0 Å². The molecule has 2 rings (SSSR count). The highest BCUT2D eigenvalue weighted by atomic mass is 19.4. The number of halogens is 3. The van der Waals surface area contributed by atoms with Gasteiger partial charge in [0.05, 0.1) is 12.1 Å². The second kappa shape index (κ2) is 8.96. The van der Waals surface area contributed by atoms with Gasteiger partial charge in [0.2, 0.25) is 0 Å². The fourth-order valence-corrected chi connectivity index (χ4v) is 3.16. The van der Waals surface area contributed by atoms with Crippen molar-refractivity contribution in [2.75, 3.05) is 6.54 Å². The molecule has 1 aromatic rings. The molecule has 1 saturated carbocycles. The van der Waals surface area contributed by atoms with E-state index in [1.807, 2.05) is 0 Å². The first-order valence-electron chi connectivity index (χ1n) is 10.1. The molecule has 0 aliphatic heterocycles. The van der Waals surface area contributed by atoms with Gasteiger partial charge in [-0.15, -0.1) is 5.06 Å². The van der Waals surface area contributed by atoms with E-state index in [1.165, 1.54) is 12.1 Å². The number of hydrogen-bond donors (Lipinski definition) is 0. The van der Waals surface area contributed by atoms with Crippen LogP contribution in [0.2, 0.25) is 0 Å². The molecule has 1 fully saturated rings. The monoisotopic (exact) mass is 445 g/mol. The van der Waals surface area contributed by atoms with E-state index in [0.717, 1.165) is 22.8 Å². The zero-order valence-electron chi connectivity index (χ0n) is 18.7. The molecule has 0 saturated heterocycles. The zero-order valence-corrected chi connectivity index (χ0v) is 18.7. The molecule has 0 heterocycles. The Labute approximate surface area is 180 Å². The normalized spacial score (nSPS) is 19.3. The van der Waals surface area contributed by atoms with Gasteiger partial charge >= 0.3 is 18.4 Å². The van der Waals surface area contributed by atoms with Gasteiger partial charge in [-0.1, -0.05) is 12.1 Å². The summed E-state index contributed by atoms with van der Waals surface area (Å²) in [6.07, 6.45) is -4.91. The molecule has 0 aromatic heterocycles. The van der Waals surface area contributed by atoms with Crippen molar-refractivity contribution in [3.8, 4) is 0 Å². The summed E-state index contributed by atoms with van der Waals surface area (Å²) in [6.45, 7) is 10.2. The van der Waals surface area contributed by atoms with Gasteiger partial charge in [-0.2, -0.15) is 13.2 Å². The lowest BCUT2D eigenvalue weighted by molar-refractivity contribution is -0.145. The van der Waals surface area contributed by atoms with Crippen LogP contribution < -0.4 is 0 Å². The highest BCUT2D eigenvalue weighted by Gasteiger charge is 2.37. The van der Waals surface area contributed by atoms with Crippen molar-refractivity contribution in [1.82, 2.24) is 5.06 Å². The lowest BCUT2D eigenvalue weighted by Crippen LogP contribution is -2.44. The number of carbonyl (C=O) groups is 2. The number of hydrogen-bond acceptors (Lipinski definition) is 5. The quantitative estimate of drug-likeness (QED) is 0.403. The van der Waals surface area contributed by atoms with E-state index >= 15 is 0 Å². The van der Waals surface area contributed by atoms with Crippen molar-refractivity contribution in [3.05, 3.63) is 35.4 Å². The van der Waals surface area contributed by atoms with Crippen LogP contribution in [-0.2, 0) is 20.5 Å². The Morgan fingerprint density at radius 3 is 1.90 bits per heavy atom. The molecule has 0 spiro atoms.